The Morgan fingerprint density at radius 1 is 1.00 bits per heavy atom. The van der Waals surface area contributed by atoms with Crippen molar-refractivity contribution in [2.45, 2.75) is 31.7 Å². The summed E-state index contributed by atoms with van der Waals surface area (Å²) in [6, 6.07) is 12.2. The Hall–Kier alpha value is -3.54. The first-order valence-electron chi connectivity index (χ1n) is 10.6. The molecule has 0 N–H and O–H groups in total. The number of fused-ring (bicyclic) bond motifs is 2. The van der Waals surface area contributed by atoms with E-state index in [1.54, 1.807) is 17.1 Å². The fourth-order valence-corrected chi connectivity index (χ4v) is 4.47. The van der Waals surface area contributed by atoms with E-state index in [9.17, 15) is 9.59 Å². The zero-order valence-corrected chi connectivity index (χ0v) is 17.7. The topological polar surface area (TPSA) is 68.1 Å². The highest BCUT2D eigenvalue weighted by molar-refractivity contribution is 5.93. The van der Waals surface area contributed by atoms with E-state index >= 15 is 0 Å². The lowest BCUT2D eigenvalue weighted by atomic mass is 10.0. The van der Waals surface area contributed by atoms with Crippen LogP contribution in [-0.2, 0) is 18.3 Å². The van der Waals surface area contributed by atoms with Crippen LogP contribution >= 0.6 is 0 Å². The fraction of sp³-hybridized carbons (Fsp3) is 0.280. The van der Waals surface area contributed by atoms with Gasteiger partial charge in [-0.2, -0.15) is 5.10 Å². The molecule has 1 aliphatic heterocycles. The van der Waals surface area contributed by atoms with Gasteiger partial charge in [0.05, 0.1) is 11.7 Å². The normalized spacial score (nSPS) is 16.5. The van der Waals surface area contributed by atoms with Crippen LogP contribution in [0.25, 0.3) is 32.8 Å². The highest BCUT2D eigenvalue weighted by Crippen LogP contribution is 2.24. The molecule has 5 rings (SSSR count). The second-order valence-electron chi connectivity index (χ2n) is 8.38. The van der Waals surface area contributed by atoms with E-state index in [0.29, 0.717) is 22.7 Å². The van der Waals surface area contributed by atoms with Crippen LogP contribution in [0.1, 0.15) is 24.8 Å². The van der Waals surface area contributed by atoms with E-state index in [0.717, 1.165) is 41.3 Å². The lowest BCUT2D eigenvalue weighted by Crippen LogP contribution is -2.28. The van der Waals surface area contributed by atoms with Crippen molar-refractivity contribution in [3.05, 3.63) is 70.8 Å². The van der Waals surface area contributed by atoms with Gasteiger partial charge in [-0.05, 0) is 48.4 Å². The third-order valence-corrected chi connectivity index (χ3v) is 6.38. The zero-order chi connectivity index (χ0) is 21.5. The summed E-state index contributed by atoms with van der Waals surface area (Å²) in [6.07, 6.45) is 8.78. The largest absolute Gasteiger partial charge is 0.343 e. The Labute approximate surface area is 180 Å². The minimum absolute atomic E-state index is 0.0109. The third kappa shape index (κ3) is 3.58. The molecule has 6 heteroatoms. The molecule has 0 saturated carbocycles. The van der Waals surface area contributed by atoms with Crippen LogP contribution in [-0.4, -0.2) is 38.7 Å². The van der Waals surface area contributed by atoms with Gasteiger partial charge < -0.3 is 4.90 Å². The molecule has 1 saturated heterocycles. The summed E-state index contributed by atoms with van der Waals surface area (Å²) in [6.45, 7) is 0. The summed E-state index contributed by atoms with van der Waals surface area (Å²) in [5.74, 6) is 0.223. The Morgan fingerprint density at radius 2 is 1.84 bits per heavy atom. The van der Waals surface area contributed by atoms with Crippen LogP contribution in [0.2, 0.25) is 0 Å². The molecule has 1 unspecified atom stereocenters. The summed E-state index contributed by atoms with van der Waals surface area (Å²) >= 11 is 0. The smallest absolute Gasteiger partial charge is 0.222 e. The molecule has 0 bridgehead atoms. The SMILES string of the molecule is CN1C(=O)CCC1CCc1ccc2ccc3ncc(-c4cnn(C)c4)cc3c(=O)c2c1. The van der Waals surface area contributed by atoms with Crippen molar-refractivity contribution in [2.24, 2.45) is 7.05 Å². The minimum atomic E-state index is -0.0109. The highest BCUT2D eigenvalue weighted by Gasteiger charge is 2.26. The maximum atomic E-state index is 13.5. The predicted molar refractivity (Wildman–Crippen MR) is 122 cm³/mol. The maximum Gasteiger partial charge on any atom is 0.222 e. The van der Waals surface area contributed by atoms with Gasteiger partial charge in [-0.15, -0.1) is 0 Å². The van der Waals surface area contributed by atoms with Gasteiger partial charge in [-0.25, -0.2) is 0 Å². The number of nitrogens with zero attached hydrogens (tertiary/aromatic N) is 4. The fourth-order valence-electron chi connectivity index (χ4n) is 4.47. The van der Waals surface area contributed by atoms with E-state index in [2.05, 4.69) is 16.1 Å². The first-order valence-corrected chi connectivity index (χ1v) is 10.6. The zero-order valence-electron chi connectivity index (χ0n) is 17.7. The van der Waals surface area contributed by atoms with Crippen LogP contribution in [0.3, 0.4) is 0 Å². The molecule has 6 nitrogen and oxygen atoms in total. The molecule has 1 aliphatic rings. The van der Waals surface area contributed by atoms with Crippen molar-refractivity contribution in [3.8, 4) is 11.1 Å². The third-order valence-electron chi connectivity index (χ3n) is 6.38. The first-order chi connectivity index (χ1) is 15.0. The van der Waals surface area contributed by atoms with Gasteiger partial charge in [-0.3, -0.25) is 19.3 Å². The molecule has 0 spiro atoms. The average Bonchev–Trinajstić information content (AvgIpc) is 3.32. The van der Waals surface area contributed by atoms with Gasteiger partial charge in [0.2, 0.25) is 5.91 Å². The number of hydrogen-bond donors (Lipinski definition) is 0. The molecule has 1 fully saturated rings. The van der Waals surface area contributed by atoms with Gasteiger partial charge in [0.25, 0.3) is 0 Å². The van der Waals surface area contributed by atoms with Crippen LogP contribution in [0, 0.1) is 0 Å². The van der Waals surface area contributed by atoms with Crippen molar-refractivity contribution in [2.75, 3.05) is 7.05 Å². The molecular formula is C25H24N4O2. The second-order valence-corrected chi connectivity index (χ2v) is 8.38. The van der Waals surface area contributed by atoms with E-state index < -0.39 is 0 Å². The molecule has 4 aromatic rings. The van der Waals surface area contributed by atoms with Gasteiger partial charge in [0, 0.05) is 60.9 Å². The van der Waals surface area contributed by atoms with Crippen molar-refractivity contribution in [3.63, 3.8) is 0 Å². The summed E-state index contributed by atoms with van der Waals surface area (Å²) in [5, 5.41) is 6.43. The Kier molecular flexibility index (Phi) is 4.77. The average molecular weight is 412 g/mol. The van der Waals surface area contributed by atoms with Crippen LogP contribution in [0.4, 0.5) is 0 Å². The molecular weight excluding hydrogens is 388 g/mol. The highest BCUT2D eigenvalue weighted by atomic mass is 16.2. The number of carbonyl (C=O) groups excluding carboxylic acids is 1. The molecule has 1 amide bonds. The van der Waals surface area contributed by atoms with Crippen molar-refractivity contribution in [1.29, 1.82) is 0 Å². The molecule has 2 aromatic carbocycles. The lowest BCUT2D eigenvalue weighted by molar-refractivity contribution is -0.127. The molecule has 0 radical (unpaired) electrons. The molecule has 31 heavy (non-hydrogen) atoms. The van der Waals surface area contributed by atoms with Crippen molar-refractivity contribution in [1.82, 2.24) is 19.7 Å². The number of benzene rings is 1. The number of aromatic nitrogens is 3. The van der Waals surface area contributed by atoms with E-state index in [-0.39, 0.29) is 17.4 Å². The molecule has 2 aromatic heterocycles. The number of hydrogen-bond acceptors (Lipinski definition) is 4. The number of amides is 1. The molecule has 156 valence electrons. The first kappa shape index (κ1) is 19.4. The maximum absolute atomic E-state index is 13.5. The number of likely N-dealkylation sites (tertiary alicyclic amines) is 1. The van der Waals surface area contributed by atoms with E-state index in [1.165, 1.54) is 0 Å². The minimum Gasteiger partial charge on any atom is -0.343 e. The van der Waals surface area contributed by atoms with E-state index in [4.69, 9.17) is 0 Å². The summed E-state index contributed by atoms with van der Waals surface area (Å²) < 4.78 is 1.74. The predicted octanol–water partition coefficient (Wildman–Crippen LogP) is 3.70. The molecule has 0 aliphatic carbocycles. The number of aryl methyl sites for hydroxylation is 2. The van der Waals surface area contributed by atoms with Crippen LogP contribution in [0.5, 0.6) is 0 Å². The summed E-state index contributed by atoms with van der Waals surface area (Å²) in [4.78, 5) is 31.7. The molecule has 1 atom stereocenters. The summed E-state index contributed by atoms with van der Waals surface area (Å²) in [7, 11) is 3.75. The van der Waals surface area contributed by atoms with Crippen molar-refractivity contribution < 1.29 is 4.79 Å². The second kappa shape index (κ2) is 7.61. The number of rotatable bonds is 4. The molecule has 3 heterocycles. The monoisotopic (exact) mass is 412 g/mol. The van der Waals surface area contributed by atoms with Crippen LogP contribution in [0.15, 0.2) is 59.8 Å². The van der Waals surface area contributed by atoms with E-state index in [1.807, 2.05) is 55.5 Å². The standard InChI is InChI=1S/C25H24N4O2/c1-28-15-19(14-27-28)18-12-22-23(26-13-18)9-6-17-5-3-16(11-21(17)25(22)31)4-7-20-8-10-24(30)29(20)2/h3,5-6,9,11-15,20H,4,7-8,10H2,1-2H3. The van der Waals surface area contributed by atoms with Gasteiger partial charge in [-0.1, -0.05) is 18.2 Å². The summed E-state index contributed by atoms with van der Waals surface area (Å²) in [5.41, 5.74) is 3.60. The van der Waals surface area contributed by atoms with Crippen LogP contribution < -0.4 is 5.43 Å². The van der Waals surface area contributed by atoms with Gasteiger partial charge >= 0.3 is 0 Å². The quantitative estimate of drug-likeness (QED) is 0.513. The van der Waals surface area contributed by atoms with Gasteiger partial charge in [0.1, 0.15) is 0 Å². The Bertz CT molecular complexity index is 1380. The Balaban J connectivity index is 1.54. The van der Waals surface area contributed by atoms with Gasteiger partial charge in [0.15, 0.2) is 5.43 Å². The number of pyridine rings is 1. The lowest BCUT2D eigenvalue weighted by Gasteiger charge is -2.19. The van der Waals surface area contributed by atoms with Crippen molar-refractivity contribution >= 4 is 27.6 Å². The number of carbonyl (C=O) groups is 1. The Morgan fingerprint density at radius 3 is 2.58 bits per heavy atom.